The highest BCUT2D eigenvalue weighted by atomic mass is 16.5. The van der Waals surface area contributed by atoms with Gasteiger partial charge in [-0.05, 0) is 35.6 Å². The van der Waals surface area contributed by atoms with Crippen LogP contribution in [-0.4, -0.2) is 19.6 Å². The highest BCUT2D eigenvalue weighted by Crippen LogP contribution is 2.22. The minimum absolute atomic E-state index is 0.0657. The molecule has 0 aliphatic heterocycles. The van der Waals surface area contributed by atoms with Crippen LogP contribution in [0.3, 0.4) is 0 Å². The summed E-state index contributed by atoms with van der Waals surface area (Å²) >= 11 is 0. The van der Waals surface area contributed by atoms with Crippen molar-refractivity contribution in [2.45, 2.75) is 33.2 Å². The second-order valence-corrected chi connectivity index (χ2v) is 6.48. The van der Waals surface area contributed by atoms with Gasteiger partial charge in [0.2, 0.25) is 5.91 Å². The molecule has 0 aromatic heterocycles. The summed E-state index contributed by atoms with van der Waals surface area (Å²) in [6.45, 7) is 6.72. The molecule has 0 heterocycles. The molecule has 0 spiro atoms. The highest BCUT2D eigenvalue weighted by Gasteiger charge is 2.16. The molecule has 2 N–H and O–H groups in total. The summed E-state index contributed by atoms with van der Waals surface area (Å²) in [5.41, 5.74) is 3.27. The maximum absolute atomic E-state index is 12.3. The summed E-state index contributed by atoms with van der Waals surface area (Å²) in [5, 5.41) is 6.28. The molecule has 2 rings (SSSR count). The number of amides is 1. The van der Waals surface area contributed by atoms with Gasteiger partial charge in [0, 0.05) is 17.8 Å². The molecule has 25 heavy (non-hydrogen) atoms. The van der Waals surface area contributed by atoms with Crippen molar-refractivity contribution in [3.63, 3.8) is 0 Å². The zero-order valence-electron chi connectivity index (χ0n) is 15.5. The Labute approximate surface area is 150 Å². The first-order chi connectivity index (χ1) is 12.0. The molecule has 0 saturated carbocycles. The summed E-state index contributed by atoms with van der Waals surface area (Å²) in [6, 6.07) is 16.1. The fourth-order valence-electron chi connectivity index (χ4n) is 2.81. The molecule has 0 aliphatic carbocycles. The van der Waals surface area contributed by atoms with E-state index in [2.05, 4.69) is 55.7 Å². The number of benzene rings is 2. The average Bonchev–Trinajstić information content (AvgIpc) is 2.62. The van der Waals surface area contributed by atoms with E-state index in [4.69, 9.17) is 4.74 Å². The van der Waals surface area contributed by atoms with Crippen molar-refractivity contribution in [2.75, 3.05) is 19.0 Å². The van der Waals surface area contributed by atoms with E-state index in [1.54, 1.807) is 13.2 Å². The van der Waals surface area contributed by atoms with Crippen LogP contribution >= 0.6 is 0 Å². The van der Waals surface area contributed by atoms with Gasteiger partial charge in [-0.15, -0.1) is 0 Å². The number of nitrogens with one attached hydrogen (secondary N) is 2. The van der Waals surface area contributed by atoms with Crippen LogP contribution < -0.4 is 15.4 Å². The number of aryl methyl sites for hydroxylation is 1. The van der Waals surface area contributed by atoms with Crippen molar-refractivity contribution in [3.05, 3.63) is 59.7 Å². The maximum atomic E-state index is 12.3. The Bertz CT molecular complexity index is 681. The third-order valence-corrected chi connectivity index (χ3v) is 4.25. The van der Waals surface area contributed by atoms with Crippen LogP contribution in [0.4, 0.5) is 5.69 Å². The third kappa shape index (κ3) is 5.61. The minimum atomic E-state index is -0.0657. The first kappa shape index (κ1) is 19.0. The molecule has 0 bridgehead atoms. The van der Waals surface area contributed by atoms with Crippen molar-refractivity contribution in [2.24, 2.45) is 5.92 Å². The zero-order valence-corrected chi connectivity index (χ0v) is 15.5. The molecular formula is C21H28N2O2. The summed E-state index contributed by atoms with van der Waals surface area (Å²) < 4.78 is 5.18. The van der Waals surface area contributed by atoms with Crippen LogP contribution in [0.2, 0.25) is 0 Å². The van der Waals surface area contributed by atoms with Crippen molar-refractivity contribution in [1.29, 1.82) is 0 Å². The third-order valence-electron chi connectivity index (χ3n) is 4.25. The second kappa shape index (κ2) is 9.23. The van der Waals surface area contributed by atoms with Crippen molar-refractivity contribution in [1.82, 2.24) is 5.32 Å². The van der Waals surface area contributed by atoms with Gasteiger partial charge in [-0.25, -0.2) is 0 Å². The van der Waals surface area contributed by atoms with Crippen LogP contribution in [0.1, 0.15) is 37.9 Å². The summed E-state index contributed by atoms with van der Waals surface area (Å²) in [5.74, 6) is 1.04. The molecule has 0 radical (unpaired) electrons. The maximum Gasteiger partial charge on any atom is 0.238 e. The van der Waals surface area contributed by atoms with E-state index in [1.165, 1.54) is 11.1 Å². The molecule has 0 aliphatic rings. The van der Waals surface area contributed by atoms with Crippen molar-refractivity contribution in [3.8, 4) is 5.75 Å². The predicted molar refractivity (Wildman–Crippen MR) is 103 cm³/mol. The van der Waals surface area contributed by atoms with Crippen molar-refractivity contribution >= 4 is 11.6 Å². The number of hydrogen-bond donors (Lipinski definition) is 2. The number of carbonyl (C=O) groups is 1. The number of anilines is 1. The Morgan fingerprint density at radius 3 is 2.44 bits per heavy atom. The fraction of sp³-hybridized carbons (Fsp3) is 0.381. The minimum Gasteiger partial charge on any atom is -0.497 e. The van der Waals surface area contributed by atoms with Crippen LogP contribution in [0.5, 0.6) is 5.75 Å². The van der Waals surface area contributed by atoms with Gasteiger partial charge in [-0.3, -0.25) is 4.79 Å². The molecule has 0 unspecified atom stereocenters. The molecule has 4 nitrogen and oxygen atoms in total. The fourth-order valence-corrected chi connectivity index (χ4v) is 2.81. The van der Waals surface area contributed by atoms with E-state index in [1.807, 2.05) is 18.2 Å². The monoisotopic (exact) mass is 340 g/mol. The van der Waals surface area contributed by atoms with Gasteiger partial charge in [0.05, 0.1) is 13.7 Å². The van der Waals surface area contributed by atoms with Crippen molar-refractivity contribution < 1.29 is 9.53 Å². The smallest absolute Gasteiger partial charge is 0.238 e. The Balaban J connectivity index is 1.96. The standard InChI is InChI=1S/C21H28N2O2/c1-5-16-9-11-17(12-10-16)21(15(2)3)22-14-20(24)23-18-7-6-8-19(13-18)25-4/h6-13,15,21-22H,5,14H2,1-4H3,(H,23,24)/t21-/m1/s1. The Morgan fingerprint density at radius 1 is 1.12 bits per heavy atom. The Morgan fingerprint density at radius 2 is 1.84 bits per heavy atom. The lowest BCUT2D eigenvalue weighted by Gasteiger charge is -2.23. The predicted octanol–water partition coefficient (Wildman–Crippen LogP) is 4.18. The summed E-state index contributed by atoms with van der Waals surface area (Å²) in [4.78, 5) is 12.3. The van der Waals surface area contributed by atoms with Gasteiger partial charge in [0.1, 0.15) is 5.75 Å². The van der Waals surface area contributed by atoms with E-state index in [9.17, 15) is 4.79 Å². The van der Waals surface area contributed by atoms with Crippen LogP contribution in [0.25, 0.3) is 0 Å². The summed E-state index contributed by atoms with van der Waals surface area (Å²) in [6.07, 6.45) is 1.03. The van der Waals surface area contributed by atoms with Gasteiger partial charge in [0.25, 0.3) is 0 Å². The lowest BCUT2D eigenvalue weighted by atomic mass is 9.95. The lowest BCUT2D eigenvalue weighted by Crippen LogP contribution is -2.33. The first-order valence-electron chi connectivity index (χ1n) is 8.79. The highest BCUT2D eigenvalue weighted by molar-refractivity contribution is 5.92. The van der Waals surface area contributed by atoms with E-state index in [0.717, 1.165) is 17.9 Å². The Kier molecular flexibility index (Phi) is 7.02. The molecule has 0 fully saturated rings. The normalized spacial score (nSPS) is 12.0. The van der Waals surface area contributed by atoms with Gasteiger partial charge >= 0.3 is 0 Å². The molecule has 134 valence electrons. The number of methoxy groups -OCH3 is 1. The van der Waals surface area contributed by atoms with Gasteiger partial charge in [-0.1, -0.05) is 51.1 Å². The van der Waals surface area contributed by atoms with Crippen LogP contribution in [0, 0.1) is 5.92 Å². The molecule has 1 amide bonds. The quantitative estimate of drug-likeness (QED) is 0.758. The van der Waals surface area contributed by atoms with E-state index < -0.39 is 0 Å². The molecule has 1 atom stereocenters. The number of rotatable bonds is 8. The van der Waals surface area contributed by atoms with E-state index in [0.29, 0.717) is 5.92 Å². The van der Waals surface area contributed by atoms with Crippen LogP contribution in [0.15, 0.2) is 48.5 Å². The van der Waals surface area contributed by atoms with Gasteiger partial charge in [0.15, 0.2) is 0 Å². The zero-order chi connectivity index (χ0) is 18.2. The van der Waals surface area contributed by atoms with Crippen LogP contribution in [-0.2, 0) is 11.2 Å². The lowest BCUT2D eigenvalue weighted by molar-refractivity contribution is -0.115. The molecule has 2 aromatic carbocycles. The van der Waals surface area contributed by atoms with E-state index >= 15 is 0 Å². The average molecular weight is 340 g/mol. The first-order valence-corrected chi connectivity index (χ1v) is 8.79. The largest absolute Gasteiger partial charge is 0.497 e. The SMILES string of the molecule is CCc1ccc([C@H](NCC(=O)Nc2cccc(OC)c2)C(C)C)cc1. The topological polar surface area (TPSA) is 50.4 Å². The Hall–Kier alpha value is -2.33. The number of carbonyl (C=O) groups excluding carboxylic acids is 1. The van der Waals surface area contributed by atoms with E-state index in [-0.39, 0.29) is 18.5 Å². The van der Waals surface area contributed by atoms with Gasteiger partial charge in [-0.2, -0.15) is 0 Å². The molecular weight excluding hydrogens is 312 g/mol. The van der Waals surface area contributed by atoms with Gasteiger partial charge < -0.3 is 15.4 Å². The number of hydrogen-bond acceptors (Lipinski definition) is 3. The second-order valence-electron chi connectivity index (χ2n) is 6.48. The molecule has 4 heteroatoms. The number of ether oxygens (including phenoxy) is 1. The molecule has 2 aromatic rings. The summed E-state index contributed by atoms with van der Waals surface area (Å²) in [7, 11) is 1.61. The molecule has 0 saturated heterocycles.